The van der Waals surface area contributed by atoms with Gasteiger partial charge in [-0.1, -0.05) is 117 Å². The van der Waals surface area contributed by atoms with Crippen LogP contribution in [0.25, 0.3) is 6.08 Å². The largest absolute Gasteiger partial charge is 0.369 e. The topological polar surface area (TPSA) is 51.4 Å². The Balaban J connectivity index is 1.26. The van der Waals surface area contributed by atoms with Gasteiger partial charge in [-0.05, 0) is 49.8 Å². The fourth-order valence-corrected chi connectivity index (χ4v) is 5.63. The first kappa shape index (κ1) is 29.1. The van der Waals surface area contributed by atoms with Crippen molar-refractivity contribution in [3.63, 3.8) is 0 Å². The Bertz CT molecular complexity index is 1010. The SMILES string of the molecule is C=C/C=C\c1sc(N(CN)CCCCCCCCCCOC(C2=CCCC=C2)c2ccccc2)nc1C. The second-order valence-corrected chi connectivity index (χ2v) is 10.7. The number of nitrogens with two attached hydrogens (primary N) is 1. The Hall–Kier alpha value is -2.47. The monoisotopic (exact) mass is 519 g/mol. The zero-order valence-electron chi connectivity index (χ0n) is 22.6. The third kappa shape index (κ3) is 10.1. The lowest BCUT2D eigenvalue weighted by molar-refractivity contribution is 0.0760. The van der Waals surface area contributed by atoms with Crippen LogP contribution in [0.2, 0.25) is 0 Å². The molecular formula is C32H45N3OS. The number of rotatable bonds is 18. The highest BCUT2D eigenvalue weighted by Gasteiger charge is 2.16. The number of ether oxygens (including phenoxy) is 1. The second-order valence-electron chi connectivity index (χ2n) is 9.66. The van der Waals surface area contributed by atoms with E-state index >= 15 is 0 Å². The first-order valence-electron chi connectivity index (χ1n) is 14.0. The van der Waals surface area contributed by atoms with Crippen LogP contribution in [0.15, 0.2) is 72.9 Å². The van der Waals surface area contributed by atoms with Gasteiger partial charge in [0.15, 0.2) is 5.13 Å². The number of anilines is 1. The van der Waals surface area contributed by atoms with Crippen molar-refractivity contribution in [3.8, 4) is 0 Å². The lowest BCUT2D eigenvalue weighted by Crippen LogP contribution is -2.30. The normalized spacial score (nSPS) is 14.2. The Kier molecular flexibility index (Phi) is 13.5. The molecule has 3 rings (SSSR count). The lowest BCUT2D eigenvalue weighted by Gasteiger charge is -2.21. The molecule has 4 nitrogen and oxygen atoms in total. The van der Waals surface area contributed by atoms with Crippen LogP contribution >= 0.6 is 11.3 Å². The summed E-state index contributed by atoms with van der Waals surface area (Å²) in [4.78, 5) is 8.09. The second kappa shape index (κ2) is 17.1. The zero-order valence-corrected chi connectivity index (χ0v) is 23.4. The minimum atomic E-state index is 0.0642. The van der Waals surface area contributed by atoms with E-state index in [2.05, 4.69) is 73.0 Å². The predicted octanol–water partition coefficient (Wildman–Crippen LogP) is 8.53. The molecular weight excluding hydrogens is 474 g/mol. The highest BCUT2D eigenvalue weighted by atomic mass is 32.1. The van der Waals surface area contributed by atoms with Crippen molar-refractivity contribution in [2.45, 2.75) is 77.2 Å². The van der Waals surface area contributed by atoms with Crippen molar-refractivity contribution in [1.29, 1.82) is 0 Å². The van der Waals surface area contributed by atoms with Gasteiger partial charge in [-0.2, -0.15) is 0 Å². The summed E-state index contributed by atoms with van der Waals surface area (Å²) in [5.74, 6) is 0. The highest BCUT2D eigenvalue weighted by molar-refractivity contribution is 7.16. The molecule has 200 valence electrons. The molecule has 1 aromatic heterocycles. The molecule has 2 N–H and O–H groups in total. The molecule has 0 amide bonds. The number of unbranched alkanes of at least 4 members (excludes halogenated alkanes) is 7. The smallest absolute Gasteiger partial charge is 0.187 e. The Morgan fingerprint density at radius 3 is 2.46 bits per heavy atom. The van der Waals surface area contributed by atoms with E-state index in [1.54, 1.807) is 17.4 Å². The minimum Gasteiger partial charge on any atom is -0.369 e. The number of hydrogen-bond donors (Lipinski definition) is 1. The number of benzene rings is 1. The lowest BCUT2D eigenvalue weighted by atomic mass is 9.96. The number of hydrogen-bond acceptors (Lipinski definition) is 5. The molecule has 0 saturated heterocycles. The van der Waals surface area contributed by atoms with E-state index < -0.39 is 0 Å². The highest BCUT2D eigenvalue weighted by Crippen LogP contribution is 2.30. The maximum Gasteiger partial charge on any atom is 0.187 e. The molecule has 2 aromatic rings. The average molecular weight is 520 g/mol. The summed E-state index contributed by atoms with van der Waals surface area (Å²) in [7, 11) is 0. The number of thiazole rings is 1. The quantitative estimate of drug-likeness (QED) is 0.122. The van der Waals surface area contributed by atoms with Crippen LogP contribution in [0.3, 0.4) is 0 Å². The molecule has 0 saturated carbocycles. The Morgan fingerprint density at radius 1 is 1.05 bits per heavy atom. The van der Waals surface area contributed by atoms with E-state index in [0.717, 1.165) is 49.7 Å². The molecule has 1 unspecified atom stereocenters. The van der Waals surface area contributed by atoms with Gasteiger partial charge in [-0.25, -0.2) is 4.98 Å². The van der Waals surface area contributed by atoms with Crippen LogP contribution in [0.4, 0.5) is 5.13 Å². The fraction of sp³-hybridized carbons (Fsp3) is 0.469. The first-order chi connectivity index (χ1) is 18.2. The molecule has 5 heteroatoms. The van der Waals surface area contributed by atoms with Crippen molar-refractivity contribution in [2.75, 3.05) is 24.7 Å². The third-order valence-corrected chi connectivity index (χ3v) is 7.91. The molecule has 0 aliphatic heterocycles. The fourth-order valence-electron chi connectivity index (χ4n) is 4.61. The summed E-state index contributed by atoms with van der Waals surface area (Å²) in [6.45, 7) is 8.10. The van der Waals surface area contributed by atoms with E-state index in [1.807, 2.05) is 6.08 Å². The molecule has 0 radical (unpaired) electrons. The molecule has 1 heterocycles. The summed E-state index contributed by atoms with van der Waals surface area (Å²) in [5, 5.41) is 1.02. The van der Waals surface area contributed by atoms with Crippen molar-refractivity contribution in [3.05, 3.63) is 89.0 Å². The van der Waals surface area contributed by atoms with Crippen molar-refractivity contribution >= 4 is 22.5 Å². The third-order valence-electron chi connectivity index (χ3n) is 6.73. The number of allylic oxidation sites excluding steroid dienone is 4. The van der Waals surface area contributed by atoms with E-state index in [9.17, 15) is 0 Å². The maximum absolute atomic E-state index is 6.38. The van der Waals surface area contributed by atoms with Gasteiger partial charge in [0, 0.05) is 13.2 Å². The Morgan fingerprint density at radius 2 is 1.78 bits per heavy atom. The van der Waals surface area contributed by atoms with Gasteiger partial charge in [-0.3, -0.25) is 0 Å². The van der Waals surface area contributed by atoms with Crippen LogP contribution in [0.1, 0.15) is 86.4 Å². The molecule has 0 spiro atoms. The molecule has 0 bridgehead atoms. The molecule has 1 aliphatic rings. The first-order valence-corrected chi connectivity index (χ1v) is 14.8. The van der Waals surface area contributed by atoms with Crippen LogP contribution in [0.5, 0.6) is 0 Å². The number of nitrogens with zero attached hydrogens (tertiary/aromatic N) is 2. The van der Waals surface area contributed by atoms with Crippen molar-refractivity contribution in [1.82, 2.24) is 4.98 Å². The van der Waals surface area contributed by atoms with Crippen LogP contribution < -0.4 is 10.6 Å². The average Bonchev–Trinajstić information content (AvgIpc) is 3.31. The van der Waals surface area contributed by atoms with Crippen molar-refractivity contribution in [2.24, 2.45) is 5.73 Å². The van der Waals surface area contributed by atoms with Gasteiger partial charge in [-0.15, -0.1) is 0 Å². The van der Waals surface area contributed by atoms with Crippen LogP contribution in [-0.4, -0.2) is 24.8 Å². The summed E-state index contributed by atoms with van der Waals surface area (Å²) in [6, 6.07) is 10.6. The maximum atomic E-state index is 6.38. The van der Waals surface area contributed by atoms with Crippen LogP contribution in [-0.2, 0) is 4.74 Å². The summed E-state index contributed by atoms with van der Waals surface area (Å²) >= 11 is 1.71. The predicted molar refractivity (Wildman–Crippen MR) is 161 cm³/mol. The van der Waals surface area contributed by atoms with E-state index in [1.165, 1.54) is 54.5 Å². The van der Waals surface area contributed by atoms with Crippen molar-refractivity contribution < 1.29 is 4.74 Å². The standard InChI is InChI=1S/C32H45N3OS/c1-3-4-23-30-27(2)34-32(37-30)35(26-33)24-17-9-7-5-6-8-10-18-25-36-31(28-19-13-11-14-20-28)29-21-15-12-16-22-29/h3-4,11,13-15,19-23,31H,1,5-10,12,16-18,24-26,33H2,2H3/b23-4-. The van der Waals surface area contributed by atoms with Crippen LogP contribution in [0, 0.1) is 6.92 Å². The van der Waals surface area contributed by atoms with E-state index in [-0.39, 0.29) is 6.10 Å². The van der Waals surface area contributed by atoms with Gasteiger partial charge in [0.2, 0.25) is 0 Å². The van der Waals surface area contributed by atoms with Gasteiger partial charge in [0.1, 0.15) is 6.10 Å². The molecule has 37 heavy (non-hydrogen) atoms. The molecule has 0 fully saturated rings. The van der Waals surface area contributed by atoms with E-state index in [0.29, 0.717) is 6.67 Å². The molecule has 1 aliphatic carbocycles. The van der Waals surface area contributed by atoms with E-state index in [4.69, 9.17) is 15.5 Å². The number of aryl methyl sites for hydroxylation is 1. The Labute approximate surface area is 228 Å². The molecule has 1 atom stereocenters. The van der Waals surface area contributed by atoms with Gasteiger partial charge >= 0.3 is 0 Å². The van der Waals surface area contributed by atoms with Gasteiger partial charge in [0.25, 0.3) is 0 Å². The summed E-state index contributed by atoms with van der Waals surface area (Å²) in [6.07, 6.45) is 24.9. The summed E-state index contributed by atoms with van der Waals surface area (Å²) < 4.78 is 6.38. The minimum absolute atomic E-state index is 0.0642. The van der Waals surface area contributed by atoms with Gasteiger partial charge < -0.3 is 15.4 Å². The number of aromatic nitrogens is 1. The van der Waals surface area contributed by atoms with Gasteiger partial charge in [0.05, 0.1) is 17.2 Å². The summed E-state index contributed by atoms with van der Waals surface area (Å²) in [5.41, 5.74) is 9.64. The molecule has 1 aromatic carbocycles. The zero-order chi connectivity index (χ0) is 26.1.